The van der Waals surface area contributed by atoms with Gasteiger partial charge in [0.05, 0.1) is 12.1 Å². The SMILES string of the molecule is O=C(c1cc2c(cc1O)CCCC2)N1CCC2(C1)Oc1ccccc1O2. The van der Waals surface area contributed by atoms with Crippen LogP contribution in [0.15, 0.2) is 36.4 Å². The van der Waals surface area contributed by atoms with Crippen LogP contribution in [0.3, 0.4) is 0 Å². The first-order valence-electron chi connectivity index (χ1n) is 9.25. The number of phenols is 1. The van der Waals surface area contributed by atoms with Crippen molar-refractivity contribution >= 4 is 5.91 Å². The number of aryl methyl sites for hydroxylation is 2. The number of hydrogen-bond donors (Lipinski definition) is 1. The monoisotopic (exact) mass is 351 g/mol. The van der Waals surface area contributed by atoms with E-state index >= 15 is 0 Å². The minimum Gasteiger partial charge on any atom is -0.507 e. The molecule has 1 fully saturated rings. The smallest absolute Gasteiger partial charge is 0.270 e. The molecule has 0 aromatic heterocycles. The Bertz CT molecular complexity index is 867. The van der Waals surface area contributed by atoms with Gasteiger partial charge in [-0.2, -0.15) is 0 Å². The van der Waals surface area contributed by atoms with E-state index in [1.165, 1.54) is 11.1 Å². The van der Waals surface area contributed by atoms with Crippen LogP contribution in [0.1, 0.15) is 40.7 Å². The van der Waals surface area contributed by atoms with Gasteiger partial charge in [0.15, 0.2) is 11.5 Å². The summed E-state index contributed by atoms with van der Waals surface area (Å²) in [4.78, 5) is 14.7. The number of fused-ring (bicyclic) bond motifs is 2. The fraction of sp³-hybridized carbons (Fsp3) is 0.381. The molecule has 0 radical (unpaired) electrons. The summed E-state index contributed by atoms with van der Waals surface area (Å²) < 4.78 is 12.0. The second-order valence-corrected chi connectivity index (χ2v) is 7.38. The standard InChI is InChI=1S/C21H21NO4/c23-17-12-15-6-2-1-5-14(15)11-16(17)20(24)22-10-9-21(13-22)25-18-7-3-4-8-19(18)26-21/h3-4,7-8,11-12,23H,1-2,5-6,9-10,13H2. The summed E-state index contributed by atoms with van der Waals surface area (Å²) in [5.74, 6) is 0.560. The van der Waals surface area contributed by atoms with Gasteiger partial charge in [-0.25, -0.2) is 0 Å². The molecule has 0 atom stereocenters. The van der Waals surface area contributed by atoms with Crippen LogP contribution in [0, 0.1) is 0 Å². The van der Waals surface area contributed by atoms with E-state index in [1.807, 2.05) is 30.3 Å². The number of aromatic hydroxyl groups is 1. The highest BCUT2D eigenvalue weighted by Gasteiger charge is 2.49. The predicted octanol–water partition coefficient (Wildman–Crippen LogP) is 3.28. The first kappa shape index (κ1) is 15.6. The molecule has 5 nitrogen and oxygen atoms in total. The molecule has 5 heteroatoms. The fourth-order valence-corrected chi connectivity index (χ4v) is 4.25. The molecule has 2 aliphatic heterocycles. The number of nitrogens with zero attached hydrogens (tertiary/aromatic N) is 1. The quantitative estimate of drug-likeness (QED) is 0.857. The summed E-state index contributed by atoms with van der Waals surface area (Å²) in [6.45, 7) is 0.903. The number of hydrogen-bond acceptors (Lipinski definition) is 4. The number of benzene rings is 2. The Labute approximate surface area is 152 Å². The van der Waals surface area contributed by atoms with Crippen molar-refractivity contribution < 1.29 is 19.4 Å². The van der Waals surface area contributed by atoms with Crippen LogP contribution in [-0.2, 0) is 12.8 Å². The van der Waals surface area contributed by atoms with Crippen molar-refractivity contribution in [2.75, 3.05) is 13.1 Å². The van der Waals surface area contributed by atoms with Crippen molar-refractivity contribution in [3.05, 3.63) is 53.1 Å². The maximum Gasteiger partial charge on any atom is 0.270 e. The average molecular weight is 351 g/mol. The number of amides is 1. The predicted molar refractivity (Wildman–Crippen MR) is 95.7 cm³/mol. The van der Waals surface area contributed by atoms with Crippen LogP contribution in [0.25, 0.3) is 0 Å². The Morgan fingerprint density at radius 2 is 1.69 bits per heavy atom. The van der Waals surface area contributed by atoms with Gasteiger partial charge < -0.3 is 19.5 Å². The summed E-state index contributed by atoms with van der Waals surface area (Å²) in [5.41, 5.74) is 2.74. The number of ether oxygens (including phenoxy) is 2. The normalized spacial score (nSPS) is 19.6. The lowest BCUT2D eigenvalue weighted by Crippen LogP contribution is -2.42. The highest BCUT2D eigenvalue weighted by atomic mass is 16.7. The van der Waals surface area contributed by atoms with Gasteiger partial charge in [-0.3, -0.25) is 4.79 Å². The molecule has 2 aromatic rings. The second kappa shape index (κ2) is 5.66. The Hall–Kier alpha value is -2.69. The van der Waals surface area contributed by atoms with Crippen molar-refractivity contribution in [1.29, 1.82) is 0 Å². The number of rotatable bonds is 1. The lowest BCUT2D eigenvalue weighted by Gasteiger charge is -2.24. The van der Waals surface area contributed by atoms with Gasteiger partial charge in [0.1, 0.15) is 5.75 Å². The molecule has 1 spiro atoms. The van der Waals surface area contributed by atoms with E-state index < -0.39 is 5.79 Å². The zero-order valence-electron chi connectivity index (χ0n) is 14.5. The summed E-state index contributed by atoms with van der Waals surface area (Å²) in [7, 11) is 0. The molecule has 5 rings (SSSR count). The van der Waals surface area contributed by atoms with Gasteiger partial charge in [0.2, 0.25) is 0 Å². The number of carbonyl (C=O) groups is 1. The van der Waals surface area contributed by atoms with Crippen LogP contribution >= 0.6 is 0 Å². The summed E-state index contributed by atoms with van der Waals surface area (Å²) in [6, 6.07) is 11.2. The fourth-order valence-electron chi connectivity index (χ4n) is 4.25. The maximum atomic E-state index is 13.0. The molecule has 134 valence electrons. The number of likely N-dealkylation sites (tertiary alicyclic amines) is 1. The van der Waals surface area contributed by atoms with E-state index in [2.05, 4.69) is 0 Å². The number of phenolic OH excluding ortho intramolecular Hbond substituents is 1. The molecule has 1 aliphatic carbocycles. The highest BCUT2D eigenvalue weighted by molar-refractivity contribution is 5.97. The topological polar surface area (TPSA) is 59.0 Å². The third-order valence-electron chi connectivity index (χ3n) is 5.61. The van der Waals surface area contributed by atoms with E-state index in [1.54, 1.807) is 11.0 Å². The maximum absolute atomic E-state index is 13.0. The van der Waals surface area contributed by atoms with Crippen LogP contribution in [0.5, 0.6) is 17.2 Å². The first-order valence-corrected chi connectivity index (χ1v) is 9.25. The average Bonchev–Trinajstić information content (AvgIpc) is 3.23. The van der Waals surface area contributed by atoms with Crippen molar-refractivity contribution in [2.45, 2.75) is 37.9 Å². The highest BCUT2D eigenvalue weighted by Crippen LogP contribution is 2.43. The van der Waals surface area contributed by atoms with Crippen molar-refractivity contribution in [2.24, 2.45) is 0 Å². The molecule has 1 amide bonds. The van der Waals surface area contributed by atoms with Crippen LogP contribution in [0.2, 0.25) is 0 Å². The van der Waals surface area contributed by atoms with Crippen molar-refractivity contribution in [1.82, 2.24) is 4.90 Å². The summed E-state index contributed by atoms with van der Waals surface area (Å²) in [5, 5.41) is 10.4. The molecule has 0 unspecified atom stereocenters. The molecule has 0 bridgehead atoms. The molecule has 1 N–H and O–H groups in total. The summed E-state index contributed by atoms with van der Waals surface area (Å²) in [6.07, 6.45) is 4.84. The first-order chi connectivity index (χ1) is 12.6. The lowest BCUT2D eigenvalue weighted by molar-refractivity contribution is -0.0657. The molecular formula is C21H21NO4. The third-order valence-corrected chi connectivity index (χ3v) is 5.61. The van der Waals surface area contributed by atoms with Gasteiger partial charge in [-0.05, 0) is 61.1 Å². The summed E-state index contributed by atoms with van der Waals surface area (Å²) >= 11 is 0. The van der Waals surface area contributed by atoms with Gasteiger partial charge in [0.25, 0.3) is 11.7 Å². The van der Waals surface area contributed by atoms with E-state index in [9.17, 15) is 9.90 Å². The zero-order chi connectivity index (χ0) is 17.7. The number of para-hydroxylation sites is 2. The Kier molecular flexibility index (Phi) is 3.39. The minimum atomic E-state index is -0.802. The van der Waals surface area contributed by atoms with Crippen LogP contribution < -0.4 is 9.47 Å². The number of carbonyl (C=O) groups excluding carboxylic acids is 1. The van der Waals surface area contributed by atoms with Gasteiger partial charge in [0, 0.05) is 13.0 Å². The Balaban J connectivity index is 1.38. The molecule has 2 heterocycles. The van der Waals surface area contributed by atoms with E-state index in [-0.39, 0.29) is 11.7 Å². The molecule has 26 heavy (non-hydrogen) atoms. The Morgan fingerprint density at radius 1 is 1.04 bits per heavy atom. The van der Waals surface area contributed by atoms with E-state index in [4.69, 9.17) is 9.47 Å². The van der Waals surface area contributed by atoms with Gasteiger partial charge >= 0.3 is 0 Å². The van der Waals surface area contributed by atoms with Crippen LogP contribution in [0.4, 0.5) is 0 Å². The van der Waals surface area contributed by atoms with Crippen LogP contribution in [-0.4, -0.2) is 34.8 Å². The molecule has 1 saturated heterocycles. The lowest BCUT2D eigenvalue weighted by atomic mass is 9.89. The minimum absolute atomic E-state index is 0.0770. The molecule has 2 aromatic carbocycles. The van der Waals surface area contributed by atoms with E-state index in [0.29, 0.717) is 25.1 Å². The molecule has 3 aliphatic rings. The van der Waals surface area contributed by atoms with Gasteiger partial charge in [-0.15, -0.1) is 0 Å². The van der Waals surface area contributed by atoms with Gasteiger partial charge in [-0.1, -0.05) is 12.1 Å². The van der Waals surface area contributed by atoms with Crippen molar-refractivity contribution in [3.63, 3.8) is 0 Å². The third kappa shape index (κ3) is 2.42. The zero-order valence-corrected chi connectivity index (χ0v) is 14.5. The van der Waals surface area contributed by atoms with E-state index in [0.717, 1.165) is 37.2 Å². The van der Waals surface area contributed by atoms with Crippen molar-refractivity contribution in [3.8, 4) is 17.2 Å². The second-order valence-electron chi connectivity index (χ2n) is 7.38. The Morgan fingerprint density at radius 3 is 2.38 bits per heavy atom. The molecule has 0 saturated carbocycles. The molecular weight excluding hydrogens is 330 g/mol. The largest absolute Gasteiger partial charge is 0.507 e.